The molecule has 0 aliphatic heterocycles. The van der Waals surface area contributed by atoms with Crippen LogP contribution in [-0.2, 0) is 5.41 Å². The van der Waals surface area contributed by atoms with Crippen molar-refractivity contribution in [3.63, 3.8) is 0 Å². The van der Waals surface area contributed by atoms with Crippen molar-refractivity contribution in [1.29, 1.82) is 0 Å². The summed E-state index contributed by atoms with van der Waals surface area (Å²) in [6.07, 6.45) is 3.00. The molecule has 2 heteroatoms. The van der Waals surface area contributed by atoms with Crippen LogP contribution in [0.5, 0.6) is 0 Å². The molecule has 76 valence electrons. The van der Waals surface area contributed by atoms with Crippen molar-refractivity contribution in [2.24, 2.45) is 0 Å². The number of aromatic amines is 1. The fraction of sp³-hybridized carbons (Fsp3) is 0.417. The van der Waals surface area contributed by atoms with Crippen LogP contribution < -0.4 is 0 Å². The van der Waals surface area contributed by atoms with Gasteiger partial charge in [-0.05, 0) is 23.5 Å². The second-order valence-electron chi connectivity index (χ2n) is 4.41. The van der Waals surface area contributed by atoms with Crippen LogP contribution in [0.4, 0.5) is 0 Å². The lowest BCUT2D eigenvalue weighted by Gasteiger charge is -2.23. The molecule has 1 N–H and O–H groups in total. The third-order valence-corrected chi connectivity index (χ3v) is 3.11. The summed E-state index contributed by atoms with van der Waals surface area (Å²) in [7, 11) is 0. The molecule has 0 amide bonds. The molecule has 1 aromatic carbocycles. The van der Waals surface area contributed by atoms with Gasteiger partial charge in [0, 0.05) is 6.81 Å². The van der Waals surface area contributed by atoms with Gasteiger partial charge in [0.2, 0.25) is 0 Å². The van der Waals surface area contributed by atoms with Crippen molar-refractivity contribution in [2.45, 2.75) is 32.6 Å². The minimum Gasteiger partial charge on any atom is -0.278 e. The molecular weight excluding hydrogens is 172 g/mol. The van der Waals surface area contributed by atoms with Gasteiger partial charge < -0.3 is 0 Å². The number of nitrogens with one attached hydrogen (secondary N) is 1. The van der Waals surface area contributed by atoms with E-state index in [0.717, 1.165) is 11.9 Å². The molecule has 0 radical (unpaired) electrons. The summed E-state index contributed by atoms with van der Waals surface area (Å²) < 4.78 is 0. The van der Waals surface area contributed by atoms with Crippen molar-refractivity contribution >= 4 is 10.9 Å². The zero-order valence-electron chi connectivity index (χ0n) is 8.96. The Morgan fingerprint density at radius 1 is 1.43 bits per heavy atom. The largest absolute Gasteiger partial charge is 0.278 e. The summed E-state index contributed by atoms with van der Waals surface area (Å²) >= 11 is 0. The molecule has 2 rings (SSSR count). The van der Waals surface area contributed by atoms with Gasteiger partial charge in [-0.1, -0.05) is 32.9 Å². The Balaban J connectivity index is 0.00000112. The second kappa shape index (κ2) is 3.12. The Kier molecular flexibility index (Phi) is 2.06. The summed E-state index contributed by atoms with van der Waals surface area (Å²) in [6.45, 7) is 6.76. The minimum absolute atomic E-state index is 0. The van der Waals surface area contributed by atoms with Crippen molar-refractivity contribution in [1.82, 2.24) is 10.2 Å². The van der Waals surface area contributed by atoms with Crippen LogP contribution >= 0.6 is 0 Å². The monoisotopic (exact) mass is 190 g/mol. The molecule has 0 bridgehead atoms. The number of H-pyrrole nitrogens is 1. The Labute approximate surface area is 85.8 Å². The van der Waals surface area contributed by atoms with E-state index in [1.54, 1.807) is 0 Å². The summed E-state index contributed by atoms with van der Waals surface area (Å²) in [5.74, 6) is 0. The highest BCUT2D eigenvalue weighted by Gasteiger charge is 2.18. The van der Waals surface area contributed by atoms with Gasteiger partial charge in [0.05, 0.1) is 11.7 Å². The van der Waals surface area contributed by atoms with E-state index in [0.29, 0.717) is 0 Å². The molecule has 2 nitrogen and oxygen atoms in total. The number of hydrogen-bond acceptors (Lipinski definition) is 1. The van der Waals surface area contributed by atoms with E-state index in [2.05, 4.69) is 49.2 Å². The Morgan fingerprint density at radius 2 is 2.21 bits per heavy atom. The zero-order valence-corrected chi connectivity index (χ0v) is 8.96. The smallest absolute Gasteiger partial charge is 0.0653 e. The van der Waals surface area contributed by atoms with E-state index in [1.165, 1.54) is 10.9 Å². The normalized spacial score (nSPS) is 12.2. The van der Waals surface area contributed by atoms with Crippen LogP contribution in [0.1, 0.15) is 34.2 Å². The van der Waals surface area contributed by atoms with Gasteiger partial charge in [0.1, 0.15) is 0 Å². The number of nitrogens with zero attached hydrogens (tertiary/aromatic N) is 1. The van der Waals surface area contributed by atoms with Crippen molar-refractivity contribution in [2.75, 3.05) is 0 Å². The fourth-order valence-electron chi connectivity index (χ4n) is 1.56. The predicted octanol–water partition coefficient (Wildman–Crippen LogP) is 3.50. The van der Waals surface area contributed by atoms with E-state index >= 15 is 0 Å². The molecule has 2 aromatic rings. The highest BCUT2D eigenvalue weighted by atomic mass is 15.1. The first-order chi connectivity index (χ1) is 6.63. The van der Waals surface area contributed by atoms with Gasteiger partial charge in [-0.25, -0.2) is 0 Å². The van der Waals surface area contributed by atoms with Crippen LogP contribution in [0.25, 0.3) is 10.9 Å². The van der Waals surface area contributed by atoms with Gasteiger partial charge in [-0.3, -0.25) is 5.10 Å². The number of hydrogen-bond donors (Lipinski definition) is 1. The van der Waals surface area contributed by atoms with Crippen molar-refractivity contribution in [3.8, 4) is 0 Å². The Hall–Kier alpha value is -1.31. The quantitative estimate of drug-likeness (QED) is 0.771. The van der Waals surface area contributed by atoms with Crippen LogP contribution in [0.15, 0.2) is 24.4 Å². The third kappa shape index (κ3) is 1.41. The SMILES string of the molecule is CCC(C)(C)c1ccc2cn[nH]c2c1.[HH]. The van der Waals surface area contributed by atoms with Gasteiger partial charge in [0.25, 0.3) is 0 Å². The van der Waals surface area contributed by atoms with E-state index < -0.39 is 0 Å². The molecule has 1 aromatic heterocycles. The van der Waals surface area contributed by atoms with Crippen molar-refractivity contribution in [3.05, 3.63) is 30.0 Å². The molecule has 0 unspecified atom stereocenters. The summed E-state index contributed by atoms with van der Waals surface area (Å²) in [4.78, 5) is 0. The maximum absolute atomic E-state index is 4.03. The molecular formula is C12H18N2. The molecule has 0 fully saturated rings. The first-order valence-corrected chi connectivity index (χ1v) is 5.07. The molecule has 0 saturated carbocycles. The maximum Gasteiger partial charge on any atom is 0.0653 e. The lowest BCUT2D eigenvalue weighted by Crippen LogP contribution is -2.14. The minimum atomic E-state index is 0. The highest BCUT2D eigenvalue weighted by Crippen LogP contribution is 2.28. The van der Waals surface area contributed by atoms with Gasteiger partial charge >= 0.3 is 0 Å². The fourth-order valence-corrected chi connectivity index (χ4v) is 1.56. The second-order valence-corrected chi connectivity index (χ2v) is 4.41. The summed E-state index contributed by atoms with van der Waals surface area (Å²) in [6, 6.07) is 6.53. The van der Waals surface area contributed by atoms with E-state index in [-0.39, 0.29) is 6.84 Å². The van der Waals surface area contributed by atoms with E-state index in [1.807, 2.05) is 6.20 Å². The maximum atomic E-state index is 4.03. The number of rotatable bonds is 2. The first-order valence-electron chi connectivity index (χ1n) is 5.07. The summed E-state index contributed by atoms with van der Waals surface area (Å²) in [5.41, 5.74) is 2.75. The van der Waals surface area contributed by atoms with Crippen LogP contribution in [0, 0.1) is 0 Å². The number of aromatic nitrogens is 2. The summed E-state index contributed by atoms with van der Waals surface area (Å²) in [5, 5.41) is 8.21. The number of fused-ring (bicyclic) bond motifs is 1. The zero-order chi connectivity index (χ0) is 10.2. The molecule has 1 heterocycles. The molecule has 0 spiro atoms. The van der Waals surface area contributed by atoms with Gasteiger partial charge in [0.15, 0.2) is 0 Å². The van der Waals surface area contributed by atoms with Gasteiger partial charge in [-0.2, -0.15) is 5.10 Å². The molecule has 14 heavy (non-hydrogen) atoms. The molecule has 0 saturated heterocycles. The number of benzene rings is 1. The van der Waals surface area contributed by atoms with Crippen LogP contribution in [-0.4, -0.2) is 10.2 Å². The Bertz CT molecular complexity index is 446. The van der Waals surface area contributed by atoms with Crippen molar-refractivity contribution < 1.29 is 1.43 Å². The standard InChI is InChI=1S/C12H16N2.H2/c1-4-12(2,3)10-6-5-9-8-13-14-11(9)7-10;/h5-8H,4H2,1-3H3,(H,13,14);1H. The van der Waals surface area contributed by atoms with E-state index in [9.17, 15) is 0 Å². The third-order valence-electron chi connectivity index (χ3n) is 3.11. The van der Waals surface area contributed by atoms with Crippen LogP contribution in [0.2, 0.25) is 0 Å². The first kappa shape index (κ1) is 9.25. The Morgan fingerprint density at radius 3 is 2.93 bits per heavy atom. The average molecular weight is 190 g/mol. The average Bonchev–Trinajstić information content (AvgIpc) is 2.64. The lowest BCUT2D eigenvalue weighted by atomic mass is 9.82. The lowest BCUT2D eigenvalue weighted by molar-refractivity contribution is 0.507. The highest BCUT2D eigenvalue weighted by molar-refractivity contribution is 5.78. The molecule has 0 aliphatic carbocycles. The van der Waals surface area contributed by atoms with Crippen LogP contribution in [0.3, 0.4) is 0 Å². The van der Waals surface area contributed by atoms with Gasteiger partial charge in [-0.15, -0.1) is 0 Å². The molecule has 0 aliphatic rings. The predicted molar refractivity (Wildman–Crippen MR) is 61.5 cm³/mol. The van der Waals surface area contributed by atoms with E-state index in [4.69, 9.17) is 0 Å². The molecule has 0 atom stereocenters. The topological polar surface area (TPSA) is 28.7 Å².